The number of fused-ring (bicyclic) bond motifs is 1. The Kier molecular flexibility index (Phi) is 5.14. The molecule has 1 aromatic carbocycles. The number of ether oxygens (including phenoxy) is 1. The van der Waals surface area contributed by atoms with E-state index in [0.717, 1.165) is 38.0 Å². The minimum absolute atomic E-state index is 0.145. The summed E-state index contributed by atoms with van der Waals surface area (Å²) in [5.74, 6) is 0.429. The number of anilines is 1. The molecule has 0 unspecified atom stereocenters. The number of carbonyl (C=O) groups is 1. The van der Waals surface area contributed by atoms with E-state index in [9.17, 15) is 4.79 Å². The molecule has 0 aromatic heterocycles. The summed E-state index contributed by atoms with van der Waals surface area (Å²) in [6.45, 7) is 7.44. The summed E-state index contributed by atoms with van der Waals surface area (Å²) in [4.78, 5) is 15.2. The van der Waals surface area contributed by atoms with Crippen LogP contribution in [0.4, 0.5) is 5.69 Å². The summed E-state index contributed by atoms with van der Waals surface area (Å²) in [5, 5.41) is 3.53. The van der Waals surface area contributed by atoms with Crippen LogP contribution in [-0.4, -0.2) is 48.6 Å². The first-order valence-corrected chi connectivity index (χ1v) is 9.21. The first-order valence-electron chi connectivity index (χ1n) is 8.84. The number of likely N-dealkylation sites (tertiary alicyclic amines) is 1. The number of nitrogen functional groups attached to an aromatic ring is 1. The summed E-state index contributed by atoms with van der Waals surface area (Å²) in [6.07, 6.45) is 2.48. The molecule has 0 bridgehead atoms. The SMILES string of the molecule is CC1(C)Cc2c(N)c(Cl)cc(C(=O)NC3CCN(CCN)CC3)c2O1. The summed E-state index contributed by atoms with van der Waals surface area (Å²) in [6, 6.07) is 1.78. The molecule has 1 amide bonds. The second-order valence-electron chi connectivity index (χ2n) is 7.54. The zero-order chi connectivity index (χ0) is 18.2. The fourth-order valence-corrected chi connectivity index (χ4v) is 3.87. The summed E-state index contributed by atoms with van der Waals surface area (Å²) >= 11 is 6.25. The fourth-order valence-electron chi connectivity index (χ4n) is 3.64. The van der Waals surface area contributed by atoms with E-state index in [1.165, 1.54) is 0 Å². The molecule has 25 heavy (non-hydrogen) atoms. The highest BCUT2D eigenvalue weighted by Gasteiger charge is 2.36. The largest absolute Gasteiger partial charge is 0.486 e. The molecule has 0 atom stereocenters. The maximum absolute atomic E-state index is 12.8. The van der Waals surface area contributed by atoms with Gasteiger partial charge in [-0.25, -0.2) is 0 Å². The molecule has 1 fully saturated rings. The quantitative estimate of drug-likeness (QED) is 0.706. The number of amides is 1. The van der Waals surface area contributed by atoms with E-state index in [-0.39, 0.29) is 17.6 Å². The van der Waals surface area contributed by atoms with Crippen molar-refractivity contribution in [3.63, 3.8) is 0 Å². The Morgan fingerprint density at radius 3 is 2.76 bits per heavy atom. The van der Waals surface area contributed by atoms with Gasteiger partial charge in [-0.15, -0.1) is 0 Å². The average Bonchev–Trinajstić information content (AvgIpc) is 2.88. The van der Waals surface area contributed by atoms with Gasteiger partial charge in [0.25, 0.3) is 5.91 Å². The molecule has 1 saturated heterocycles. The van der Waals surface area contributed by atoms with Gasteiger partial charge in [-0.3, -0.25) is 4.79 Å². The Morgan fingerprint density at radius 1 is 1.44 bits per heavy atom. The summed E-state index contributed by atoms with van der Waals surface area (Å²) in [5.41, 5.74) is 13.1. The minimum atomic E-state index is -0.385. The van der Waals surface area contributed by atoms with Crippen LogP contribution in [0, 0.1) is 0 Å². The predicted molar refractivity (Wildman–Crippen MR) is 100 cm³/mol. The van der Waals surface area contributed by atoms with E-state index in [1.54, 1.807) is 6.07 Å². The standard InChI is InChI=1S/C18H27ClN4O2/c1-18(2)10-13-15(21)14(19)9-12(16(13)25-18)17(24)22-11-3-6-23(7-4-11)8-5-20/h9,11H,3-8,10,20-21H2,1-2H3,(H,22,24). The molecule has 2 aliphatic heterocycles. The Morgan fingerprint density at radius 2 is 2.12 bits per heavy atom. The van der Waals surface area contributed by atoms with Crippen LogP contribution in [0.5, 0.6) is 5.75 Å². The molecule has 0 radical (unpaired) electrons. The third kappa shape index (κ3) is 3.86. The highest BCUT2D eigenvalue weighted by Crippen LogP contribution is 2.44. The van der Waals surface area contributed by atoms with Gasteiger partial charge in [-0.05, 0) is 32.8 Å². The van der Waals surface area contributed by atoms with Gasteiger partial charge in [0.2, 0.25) is 0 Å². The van der Waals surface area contributed by atoms with E-state index in [1.807, 2.05) is 13.8 Å². The highest BCUT2D eigenvalue weighted by atomic mass is 35.5. The lowest BCUT2D eigenvalue weighted by Gasteiger charge is -2.32. The number of halogens is 1. The topological polar surface area (TPSA) is 93.6 Å². The van der Waals surface area contributed by atoms with Crippen LogP contribution < -0.4 is 21.5 Å². The van der Waals surface area contributed by atoms with Crippen molar-refractivity contribution in [1.82, 2.24) is 10.2 Å². The second kappa shape index (κ2) is 7.02. The molecule has 6 nitrogen and oxygen atoms in total. The first-order chi connectivity index (χ1) is 11.8. The number of piperidine rings is 1. The van der Waals surface area contributed by atoms with Crippen molar-refractivity contribution in [3.05, 3.63) is 22.2 Å². The fraction of sp³-hybridized carbons (Fsp3) is 0.611. The molecule has 2 heterocycles. The number of hydrogen-bond acceptors (Lipinski definition) is 5. The summed E-state index contributed by atoms with van der Waals surface area (Å²) in [7, 11) is 0. The second-order valence-corrected chi connectivity index (χ2v) is 7.95. The molecule has 0 saturated carbocycles. The molecule has 5 N–H and O–H groups in total. The molecule has 3 rings (SSSR count). The molecule has 7 heteroatoms. The number of nitrogens with one attached hydrogen (secondary N) is 1. The van der Waals surface area contributed by atoms with E-state index in [2.05, 4.69) is 10.2 Å². The van der Waals surface area contributed by atoms with Gasteiger partial charge in [0.05, 0.1) is 16.3 Å². The maximum Gasteiger partial charge on any atom is 0.255 e. The van der Waals surface area contributed by atoms with Crippen molar-refractivity contribution >= 4 is 23.2 Å². The average molecular weight is 367 g/mol. The van der Waals surface area contributed by atoms with Gasteiger partial charge in [0, 0.05) is 44.2 Å². The van der Waals surface area contributed by atoms with Gasteiger partial charge in [-0.1, -0.05) is 11.6 Å². The van der Waals surface area contributed by atoms with Crippen molar-refractivity contribution in [3.8, 4) is 5.75 Å². The monoisotopic (exact) mass is 366 g/mol. The molecule has 1 aromatic rings. The van der Waals surface area contributed by atoms with Crippen molar-refractivity contribution in [2.45, 2.75) is 44.8 Å². The van der Waals surface area contributed by atoms with Crippen molar-refractivity contribution < 1.29 is 9.53 Å². The van der Waals surface area contributed by atoms with E-state index in [4.69, 9.17) is 27.8 Å². The minimum Gasteiger partial charge on any atom is -0.486 e. The van der Waals surface area contributed by atoms with Crippen LogP contribution in [0.1, 0.15) is 42.6 Å². The third-order valence-electron chi connectivity index (χ3n) is 4.97. The number of hydrogen-bond donors (Lipinski definition) is 3. The normalized spacial score (nSPS) is 20.2. The van der Waals surface area contributed by atoms with Gasteiger partial charge < -0.3 is 26.4 Å². The third-order valence-corrected chi connectivity index (χ3v) is 5.28. The van der Waals surface area contributed by atoms with E-state index >= 15 is 0 Å². The van der Waals surface area contributed by atoms with Gasteiger partial charge in [0.1, 0.15) is 11.4 Å². The Labute approximate surface area is 153 Å². The summed E-state index contributed by atoms with van der Waals surface area (Å²) < 4.78 is 6.00. The van der Waals surface area contributed by atoms with Crippen LogP contribution in [0.2, 0.25) is 5.02 Å². The smallest absolute Gasteiger partial charge is 0.255 e. The first kappa shape index (κ1) is 18.3. The molecule has 0 aliphatic carbocycles. The van der Waals surface area contributed by atoms with E-state index in [0.29, 0.717) is 35.0 Å². The maximum atomic E-state index is 12.8. The highest BCUT2D eigenvalue weighted by molar-refractivity contribution is 6.33. The Hall–Kier alpha value is -1.50. The molecular weight excluding hydrogens is 340 g/mol. The molecule has 0 spiro atoms. The number of nitrogens with zero attached hydrogens (tertiary/aromatic N) is 1. The van der Waals surface area contributed by atoms with Crippen LogP contribution >= 0.6 is 11.6 Å². The number of benzene rings is 1. The van der Waals surface area contributed by atoms with Crippen LogP contribution in [0.3, 0.4) is 0 Å². The van der Waals surface area contributed by atoms with Crippen molar-refractivity contribution in [1.29, 1.82) is 0 Å². The van der Waals surface area contributed by atoms with Crippen LogP contribution in [0.25, 0.3) is 0 Å². The van der Waals surface area contributed by atoms with Gasteiger partial charge in [0.15, 0.2) is 0 Å². The lowest BCUT2D eigenvalue weighted by atomic mass is 9.98. The van der Waals surface area contributed by atoms with Gasteiger partial charge >= 0.3 is 0 Å². The Bertz CT molecular complexity index is 670. The number of carbonyl (C=O) groups excluding carboxylic acids is 1. The van der Waals surface area contributed by atoms with E-state index < -0.39 is 0 Å². The molecule has 138 valence electrons. The number of rotatable bonds is 4. The lowest BCUT2D eigenvalue weighted by molar-refractivity contribution is 0.0899. The van der Waals surface area contributed by atoms with Crippen LogP contribution in [0.15, 0.2) is 6.07 Å². The van der Waals surface area contributed by atoms with Crippen LogP contribution in [-0.2, 0) is 6.42 Å². The van der Waals surface area contributed by atoms with Crippen molar-refractivity contribution in [2.24, 2.45) is 5.73 Å². The molecule has 2 aliphatic rings. The predicted octanol–water partition coefficient (Wildman–Crippen LogP) is 1.79. The zero-order valence-electron chi connectivity index (χ0n) is 14.9. The lowest BCUT2D eigenvalue weighted by Crippen LogP contribution is -2.45. The van der Waals surface area contributed by atoms with Gasteiger partial charge in [-0.2, -0.15) is 0 Å². The van der Waals surface area contributed by atoms with Crippen molar-refractivity contribution in [2.75, 3.05) is 31.9 Å². The molecular formula is C18H27ClN4O2. The Balaban J connectivity index is 1.74. The number of nitrogens with two attached hydrogens (primary N) is 2. The zero-order valence-corrected chi connectivity index (χ0v) is 15.7.